The predicted molar refractivity (Wildman–Crippen MR) is 38.2 cm³/mol. The van der Waals surface area contributed by atoms with Crippen LogP contribution in [-0.4, -0.2) is 5.25 Å². The van der Waals surface area contributed by atoms with E-state index in [0.29, 0.717) is 0 Å². The maximum Gasteiger partial charge on any atom is 0.00478 e. The van der Waals surface area contributed by atoms with Crippen LogP contribution in [-0.2, 0) is 0 Å². The molecule has 0 spiro atoms. The molecule has 0 bridgehead atoms. The number of rotatable bonds is 0. The van der Waals surface area contributed by atoms with Crippen LogP contribution in [0.25, 0.3) is 0 Å². The van der Waals surface area contributed by atoms with E-state index in [1.54, 1.807) is 0 Å². The van der Waals surface area contributed by atoms with Crippen molar-refractivity contribution in [3.8, 4) is 0 Å². The summed E-state index contributed by atoms with van der Waals surface area (Å²) in [4.78, 5) is 0. The predicted octanol–water partition coefficient (Wildman–Crippen LogP) is 2.10. The summed E-state index contributed by atoms with van der Waals surface area (Å²) in [5.41, 5.74) is 0. The topological polar surface area (TPSA) is 0 Å². The first-order valence-corrected chi connectivity index (χ1v) is 4.07. The molecule has 2 unspecified atom stereocenters. The van der Waals surface area contributed by atoms with Crippen molar-refractivity contribution in [1.29, 1.82) is 0 Å². The second kappa shape index (κ2) is 1.66. The van der Waals surface area contributed by atoms with Crippen LogP contribution in [0.3, 0.4) is 0 Å². The molecule has 0 saturated heterocycles. The van der Waals surface area contributed by atoms with E-state index in [-0.39, 0.29) is 0 Å². The lowest BCUT2D eigenvalue weighted by Crippen LogP contribution is -2.24. The molecule has 2 saturated carbocycles. The van der Waals surface area contributed by atoms with Crippen molar-refractivity contribution < 1.29 is 0 Å². The van der Waals surface area contributed by atoms with Crippen LogP contribution >= 0.6 is 12.6 Å². The number of hydrogen-bond acceptors (Lipinski definition) is 1. The van der Waals surface area contributed by atoms with Gasteiger partial charge in [0.05, 0.1) is 0 Å². The molecule has 2 aliphatic rings. The Hall–Kier alpha value is 0.350. The zero-order chi connectivity index (χ0) is 5.56. The quantitative estimate of drug-likeness (QED) is 0.475. The largest absolute Gasteiger partial charge is 0.176 e. The second-order valence-corrected chi connectivity index (χ2v) is 3.81. The van der Waals surface area contributed by atoms with E-state index in [2.05, 4.69) is 12.6 Å². The molecule has 46 valence electrons. The van der Waals surface area contributed by atoms with Gasteiger partial charge in [0.15, 0.2) is 0 Å². The van der Waals surface area contributed by atoms with Gasteiger partial charge in [-0.25, -0.2) is 0 Å². The lowest BCUT2D eigenvalue weighted by molar-refractivity contribution is 0.223. The molecule has 2 rings (SSSR count). The van der Waals surface area contributed by atoms with Crippen molar-refractivity contribution in [2.24, 2.45) is 11.8 Å². The first kappa shape index (κ1) is 5.16. The summed E-state index contributed by atoms with van der Waals surface area (Å²) >= 11 is 4.50. The molecule has 0 aromatic heterocycles. The Morgan fingerprint density at radius 3 is 2.00 bits per heavy atom. The molecular weight excluding hydrogens is 116 g/mol. The summed E-state index contributed by atoms with van der Waals surface area (Å²) < 4.78 is 0. The second-order valence-electron chi connectivity index (χ2n) is 3.15. The van der Waals surface area contributed by atoms with Crippen LogP contribution in [0.1, 0.15) is 25.7 Å². The molecule has 0 heterocycles. The van der Waals surface area contributed by atoms with E-state index in [1.807, 2.05) is 0 Å². The molecular formula is C7H12S. The van der Waals surface area contributed by atoms with Gasteiger partial charge in [-0.1, -0.05) is 0 Å². The highest BCUT2D eigenvalue weighted by Crippen LogP contribution is 2.48. The third kappa shape index (κ3) is 0.540. The molecule has 0 aliphatic heterocycles. The standard InChI is InChI=1S/C7H12S/c8-7-4-2-5-1-3-6(5)7/h5-8H,1-4H2/t5?,6-,7?/m1/s1. The lowest BCUT2D eigenvalue weighted by Gasteiger charge is -2.32. The molecule has 0 aromatic rings. The highest BCUT2D eigenvalue weighted by atomic mass is 32.1. The minimum absolute atomic E-state index is 0.772. The average Bonchev–Trinajstić information content (AvgIpc) is 1.80. The molecule has 0 nitrogen and oxygen atoms in total. The molecule has 0 radical (unpaired) electrons. The van der Waals surface area contributed by atoms with E-state index in [0.717, 1.165) is 17.1 Å². The van der Waals surface area contributed by atoms with Gasteiger partial charge in [0, 0.05) is 5.25 Å². The summed E-state index contributed by atoms with van der Waals surface area (Å²) in [7, 11) is 0. The molecule has 1 heteroatoms. The Kier molecular flexibility index (Phi) is 1.07. The van der Waals surface area contributed by atoms with Gasteiger partial charge in [-0.05, 0) is 37.5 Å². The number of thiol groups is 1. The summed E-state index contributed by atoms with van der Waals surface area (Å²) in [5, 5.41) is 0.772. The Bertz CT molecular complexity index is 94.6. The van der Waals surface area contributed by atoms with Crippen molar-refractivity contribution in [2.45, 2.75) is 30.9 Å². The summed E-state index contributed by atoms with van der Waals surface area (Å²) in [6, 6.07) is 0. The molecule has 8 heavy (non-hydrogen) atoms. The Morgan fingerprint density at radius 2 is 1.75 bits per heavy atom. The number of hydrogen-bond donors (Lipinski definition) is 1. The van der Waals surface area contributed by atoms with Gasteiger partial charge in [-0.15, -0.1) is 0 Å². The fraction of sp³-hybridized carbons (Fsp3) is 1.00. The first-order chi connectivity index (χ1) is 3.88. The SMILES string of the molecule is SC1CCC2CC[C@@H]12. The zero-order valence-corrected chi connectivity index (χ0v) is 5.90. The van der Waals surface area contributed by atoms with Crippen molar-refractivity contribution >= 4 is 12.6 Å². The van der Waals surface area contributed by atoms with Gasteiger partial charge in [0.25, 0.3) is 0 Å². The van der Waals surface area contributed by atoms with Crippen molar-refractivity contribution in [3.05, 3.63) is 0 Å². The molecule has 3 atom stereocenters. The fourth-order valence-electron chi connectivity index (χ4n) is 2.06. The fourth-order valence-corrected chi connectivity index (χ4v) is 2.60. The van der Waals surface area contributed by atoms with Crippen LogP contribution < -0.4 is 0 Å². The van der Waals surface area contributed by atoms with Gasteiger partial charge < -0.3 is 0 Å². The highest BCUT2D eigenvalue weighted by molar-refractivity contribution is 7.81. The van der Waals surface area contributed by atoms with E-state index in [1.165, 1.54) is 25.7 Å². The van der Waals surface area contributed by atoms with E-state index in [9.17, 15) is 0 Å². The minimum Gasteiger partial charge on any atom is -0.176 e. The van der Waals surface area contributed by atoms with Crippen LogP contribution in [0, 0.1) is 11.8 Å². The van der Waals surface area contributed by atoms with Gasteiger partial charge >= 0.3 is 0 Å². The Balaban J connectivity index is 2.05. The van der Waals surface area contributed by atoms with Crippen molar-refractivity contribution in [3.63, 3.8) is 0 Å². The Labute approximate surface area is 56.1 Å². The normalized spacial score (nSPS) is 52.9. The molecule has 0 amide bonds. The Morgan fingerprint density at radius 1 is 1.00 bits per heavy atom. The smallest absolute Gasteiger partial charge is 0.00478 e. The zero-order valence-electron chi connectivity index (χ0n) is 5.01. The third-order valence-corrected chi connectivity index (χ3v) is 3.44. The molecule has 2 fully saturated rings. The van der Waals surface area contributed by atoms with Gasteiger partial charge in [0.1, 0.15) is 0 Å². The summed E-state index contributed by atoms with van der Waals surface area (Å²) in [6.45, 7) is 0. The lowest BCUT2D eigenvalue weighted by atomic mass is 9.76. The van der Waals surface area contributed by atoms with E-state index >= 15 is 0 Å². The van der Waals surface area contributed by atoms with Crippen LogP contribution in [0.15, 0.2) is 0 Å². The maximum absolute atomic E-state index is 4.50. The summed E-state index contributed by atoms with van der Waals surface area (Å²) in [5.74, 6) is 2.12. The average molecular weight is 128 g/mol. The van der Waals surface area contributed by atoms with Gasteiger partial charge in [-0.2, -0.15) is 12.6 Å². The molecule has 2 aliphatic carbocycles. The minimum atomic E-state index is 0.772. The van der Waals surface area contributed by atoms with Gasteiger partial charge in [0.2, 0.25) is 0 Å². The third-order valence-electron chi connectivity index (χ3n) is 2.80. The highest BCUT2D eigenvalue weighted by Gasteiger charge is 2.40. The van der Waals surface area contributed by atoms with Crippen LogP contribution in [0.5, 0.6) is 0 Å². The molecule has 0 N–H and O–H groups in total. The van der Waals surface area contributed by atoms with E-state index < -0.39 is 0 Å². The molecule has 0 aromatic carbocycles. The van der Waals surface area contributed by atoms with Gasteiger partial charge in [-0.3, -0.25) is 0 Å². The van der Waals surface area contributed by atoms with Crippen LogP contribution in [0.4, 0.5) is 0 Å². The maximum atomic E-state index is 4.50. The van der Waals surface area contributed by atoms with Crippen LogP contribution in [0.2, 0.25) is 0 Å². The number of fused-ring (bicyclic) bond motifs is 1. The first-order valence-electron chi connectivity index (χ1n) is 3.56. The van der Waals surface area contributed by atoms with E-state index in [4.69, 9.17) is 0 Å². The summed E-state index contributed by atoms with van der Waals surface area (Å²) in [6.07, 6.45) is 5.83. The van der Waals surface area contributed by atoms with Crippen molar-refractivity contribution in [2.75, 3.05) is 0 Å². The van der Waals surface area contributed by atoms with Crippen molar-refractivity contribution in [1.82, 2.24) is 0 Å². The monoisotopic (exact) mass is 128 g/mol.